The molecule has 0 saturated carbocycles. The lowest BCUT2D eigenvalue weighted by atomic mass is 10.1. The average Bonchev–Trinajstić information content (AvgIpc) is 2.84. The second-order valence-corrected chi connectivity index (χ2v) is 11.1. The fraction of sp³-hybridized carbons (Fsp3) is 0.333. The third-order valence-corrected chi connectivity index (χ3v) is 7.67. The average molecular weight is 514 g/mol. The number of nitrogens with one attached hydrogen (secondary N) is 1. The minimum Gasteiger partial charge on any atom is -0.352 e. The summed E-state index contributed by atoms with van der Waals surface area (Å²) in [5, 5.41) is 4.50. The highest BCUT2D eigenvalue weighted by Gasteiger charge is 2.32. The number of likely N-dealkylation sites (N-methyl/N-ethyl adjacent to an activating group) is 1. The van der Waals surface area contributed by atoms with Gasteiger partial charge in [-0.3, -0.25) is 9.59 Å². The van der Waals surface area contributed by atoms with Gasteiger partial charge in [0.1, 0.15) is 11.9 Å². The van der Waals surface area contributed by atoms with E-state index in [0.717, 1.165) is 15.1 Å². The van der Waals surface area contributed by atoms with Crippen LogP contribution in [0.15, 0.2) is 71.6 Å². The summed E-state index contributed by atoms with van der Waals surface area (Å²) >= 11 is 0. The van der Waals surface area contributed by atoms with Gasteiger partial charge in [-0.05, 0) is 60.9 Å². The van der Waals surface area contributed by atoms with E-state index in [1.807, 2.05) is 38.1 Å². The van der Waals surface area contributed by atoms with Crippen molar-refractivity contribution in [3.8, 4) is 0 Å². The number of hydrogen-bond donors (Lipinski definition) is 1. The van der Waals surface area contributed by atoms with Crippen LogP contribution >= 0.6 is 0 Å². The molecule has 0 radical (unpaired) electrons. The Morgan fingerprint density at radius 3 is 2.22 bits per heavy atom. The first-order valence-electron chi connectivity index (χ1n) is 11.8. The predicted molar refractivity (Wildman–Crippen MR) is 138 cm³/mol. The number of sulfonamides is 1. The van der Waals surface area contributed by atoms with Crippen molar-refractivity contribution in [1.82, 2.24) is 14.5 Å². The Bertz CT molecular complexity index is 1330. The lowest BCUT2D eigenvalue weighted by molar-refractivity contribution is -0.141. The molecule has 0 heterocycles. The smallest absolute Gasteiger partial charge is 0.243 e. The Hall–Kier alpha value is -3.30. The lowest BCUT2D eigenvalue weighted by Crippen LogP contribution is -2.52. The molecule has 3 aromatic rings. The van der Waals surface area contributed by atoms with Gasteiger partial charge < -0.3 is 10.2 Å². The number of carbonyl (C=O) groups excluding carboxylic acids is 2. The van der Waals surface area contributed by atoms with Gasteiger partial charge in [-0.1, -0.05) is 49.4 Å². The lowest BCUT2D eigenvalue weighted by Gasteiger charge is -2.32. The highest BCUT2D eigenvalue weighted by Crippen LogP contribution is 2.22. The molecule has 36 heavy (non-hydrogen) atoms. The predicted octanol–water partition coefficient (Wildman–Crippen LogP) is 3.93. The molecule has 0 fully saturated rings. The Labute approximate surface area is 212 Å². The number of carbonyl (C=O) groups is 2. The van der Waals surface area contributed by atoms with Gasteiger partial charge in [0, 0.05) is 19.6 Å². The normalized spacial score (nSPS) is 12.6. The highest BCUT2D eigenvalue weighted by molar-refractivity contribution is 7.89. The van der Waals surface area contributed by atoms with E-state index in [1.165, 1.54) is 42.3 Å². The van der Waals surface area contributed by atoms with E-state index in [0.29, 0.717) is 12.0 Å². The van der Waals surface area contributed by atoms with Gasteiger partial charge in [-0.2, -0.15) is 4.31 Å². The van der Waals surface area contributed by atoms with Gasteiger partial charge in [-0.25, -0.2) is 12.8 Å². The molecular weight excluding hydrogens is 481 g/mol. The largest absolute Gasteiger partial charge is 0.352 e. The molecule has 0 aliphatic rings. The summed E-state index contributed by atoms with van der Waals surface area (Å²) in [5.74, 6) is -1.28. The number of halogens is 1. The molecule has 0 aliphatic carbocycles. The summed E-state index contributed by atoms with van der Waals surface area (Å²) in [6.45, 7) is 5.00. The Kier molecular flexibility index (Phi) is 8.81. The Morgan fingerprint density at radius 2 is 1.61 bits per heavy atom. The quantitative estimate of drug-likeness (QED) is 0.445. The van der Waals surface area contributed by atoms with Crippen LogP contribution in [0.2, 0.25) is 0 Å². The van der Waals surface area contributed by atoms with Gasteiger partial charge >= 0.3 is 0 Å². The highest BCUT2D eigenvalue weighted by atomic mass is 32.2. The van der Waals surface area contributed by atoms with E-state index in [-0.39, 0.29) is 23.4 Å². The maximum absolute atomic E-state index is 13.5. The molecule has 0 aromatic heterocycles. The van der Waals surface area contributed by atoms with E-state index < -0.39 is 34.3 Å². The standard InChI is InChI=1S/C27H32FN3O4S/c1-5-25(27(33)29-19(2)3)31(17-20-10-13-23(28)14-11-20)26(32)18-30(4)36(34,35)24-15-12-21-8-6-7-9-22(21)16-24/h6-16,19,25H,5,17-18H2,1-4H3,(H,29,33)/t25-/m0/s1. The molecule has 2 amide bonds. The fourth-order valence-electron chi connectivity index (χ4n) is 3.96. The molecule has 1 N–H and O–H groups in total. The molecule has 1 atom stereocenters. The summed E-state index contributed by atoms with van der Waals surface area (Å²) in [6.07, 6.45) is 0.326. The Morgan fingerprint density at radius 1 is 0.972 bits per heavy atom. The van der Waals surface area contributed by atoms with Crippen molar-refractivity contribution in [3.63, 3.8) is 0 Å². The summed E-state index contributed by atoms with van der Waals surface area (Å²) in [7, 11) is -2.63. The van der Waals surface area contributed by atoms with E-state index in [4.69, 9.17) is 0 Å². The van der Waals surface area contributed by atoms with Crippen molar-refractivity contribution in [2.24, 2.45) is 0 Å². The monoisotopic (exact) mass is 513 g/mol. The molecule has 7 nitrogen and oxygen atoms in total. The number of amides is 2. The zero-order valence-electron chi connectivity index (χ0n) is 20.9. The third kappa shape index (κ3) is 6.47. The van der Waals surface area contributed by atoms with E-state index in [2.05, 4.69) is 5.32 Å². The second-order valence-electron chi connectivity index (χ2n) is 9.01. The third-order valence-electron chi connectivity index (χ3n) is 5.87. The SMILES string of the molecule is CC[C@@H](C(=O)NC(C)C)N(Cc1ccc(F)cc1)C(=O)CN(C)S(=O)(=O)c1ccc2ccccc2c1. The fourth-order valence-corrected chi connectivity index (χ4v) is 5.12. The molecule has 0 unspecified atom stereocenters. The molecule has 3 rings (SSSR count). The number of benzene rings is 3. The van der Waals surface area contributed by atoms with Gasteiger partial charge in [0.15, 0.2) is 0 Å². The summed E-state index contributed by atoms with van der Waals surface area (Å²) in [4.78, 5) is 27.8. The van der Waals surface area contributed by atoms with E-state index in [1.54, 1.807) is 19.1 Å². The minimum absolute atomic E-state index is 0.0347. The second kappa shape index (κ2) is 11.6. The van der Waals surface area contributed by atoms with E-state index >= 15 is 0 Å². The topological polar surface area (TPSA) is 86.8 Å². The van der Waals surface area contributed by atoms with Crippen LogP contribution in [0.4, 0.5) is 4.39 Å². The van der Waals surface area contributed by atoms with Crippen molar-refractivity contribution in [3.05, 3.63) is 78.1 Å². The van der Waals surface area contributed by atoms with Crippen LogP contribution in [0.5, 0.6) is 0 Å². The molecule has 9 heteroatoms. The van der Waals surface area contributed by atoms with Gasteiger partial charge in [-0.15, -0.1) is 0 Å². The first-order chi connectivity index (χ1) is 17.0. The first kappa shape index (κ1) is 27.3. The van der Waals surface area contributed by atoms with Crippen molar-refractivity contribution >= 4 is 32.6 Å². The molecule has 0 spiro atoms. The van der Waals surface area contributed by atoms with E-state index in [9.17, 15) is 22.4 Å². The molecule has 192 valence electrons. The number of nitrogens with zero attached hydrogens (tertiary/aromatic N) is 2. The van der Waals surface area contributed by atoms with Gasteiger partial charge in [0.2, 0.25) is 21.8 Å². The maximum Gasteiger partial charge on any atom is 0.243 e. The molecule has 3 aromatic carbocycles. The number of rotatable bonds is 10. The van der Waals surface area contributed by atoms with Crippen LogP contribution in [-0.4, -0.2) is 55.1 Å². The maximum atomic E-state index is 13.5. The van der Waals surface area contributed by atoms with Crippen molar-refractivity contribution in [2.45, 2.75) is 50.7 Å². The van der Waals surface area contributed by atoms with Crippen molar-refractivity contribution in [1.29, 1.82) is 0 Å². The molecule has 0 saturated heterocycles. The van der Waals surface area contributed by atoms with Crippen molar-refractivity contribution in [2.75, 3.05) is 13.6 Å². The van der Waals surface area contributed by atoms with Crippen LogP contribution in [0.3, 0.4) is 0 Å². The summed E-state index contributed by atoms with van der Waals surface area (Å²) in [5.41, 5.74) is 0.626. The molecule has 0 bridgehead atoms. The van der Waals surface area contributed by atoms with Crippen LogP contribution in [0.25, 0.3) is 10.8 Å². The summed E-state index contributed by atoms with van der Waals surface area (Å²) in [6, 6.07) is 16.9. The molecule has 0 aliphatic heterocycles. The van der Waals surface area contributed by atoms with Crippen LogP contribution < -0.4 is 5.32 Å². The minimum atomic E-state index is -3.97. The zero-order chi connectivity index (χ0) is 26.5. The van der Waals surface area contributed by atoms with Crippen molar-refractivity contribution < 1.29 is 22.4 Å². The van der Waals surface area contributed by atoms with Gasteiger partial charge in [0.25, 0.3) is 0 Å². The number of hydrogen-bond acceptors (Lipinski definition) is 4. The van der Waals surface area contributed by atoms with Crippen LogP contribution in [0, 0.1) is 5.82 Å². The number of fused-ring (bicyclic) bond motifs is 1. The van der Waals surface area contributed by atoms with Crippen LogP contribution in [-0.2, 0) is 26.2 Å². The van der Waals surface area contributed by atoms with Gasteiger partial charge in [0.05, 0.1) is 11.4 Å². The summed E-state index contributed by atoms with van der Waals surface area (Å²) < 4.78 is 41.0. The Balaban J connectivity index is 1.88. The zero-order valence-corrected chi connectivity index (χ0v) is 21.8. The molecular formula is C27H32FN3O4S. The first-order valence-corrected chi connectivity index (χ1v) is 13.3. The van der Waals surface area contributed by atoms with Crippen LogP contribution in [0.1, 0.15) is 32.8 Å².